The Kier molecular flexibility index (Phi) is 4.69. The van der Waals surface area contributed by atoms with Gasteiger partial charge in [-0.1, -0.05) is 29.8 Å². The third kappa shape index (κ3) is 3.50. The summed E-state index contributed by atoms with van der Waals surface area (Å²) < 4.78 is 10.9. The molecule has 0 atom stereocenters. The molecule has 6 heteroatoms. The van der Waals surface area contributed by atoms with Crippen LogP contribution in [0.15, 0.2) is 48.0 Å². The maximum Gasteiger partial charge on any atom is 0.266 e. The lowest BCUT2D eigenvalue weighted by molar-refractivity contribution is -0.112. The lowest BCUT2D eigenvalue weighted by atomic mass is 10.1. The number of benzene rings is 2. The highest BCUT2D eigenvalue weighted by Crippen LogP contribution is 2.38. The second-order valence-corrected chi connectivity index (χ2v) is 5.42. The lowest BCUT2D eigenvalue weighted by Gasteiger charge is -2.19. The van der Waals surface area contributed by atoms with E-state index in [9.17, 15) is 10.1 Å². The minimum atomic E-state index is -0.491. The number of hydrogen-bond donors (Lipinski definition) is 1. The van der Waals surface area contributed by atoms with Crippen molar-refractivity contribution in [2.24, 2.45) is 0 Å². The van der Waals surface area contributed by atoms with Gasteiger partial charge in [-0.15, -0.1) is 0 Å². The normalized spacial score (nSPS) is 13.1. The van der Waals surface area contributed by atoms with Crippen LogP contribution in [-0.4, -0.2) is 19.1 Å². The molecule has 0 unspecified atom stereocenters. The Balaban J connectivity index is 1.87. The van der Waals surface area contributed by atoms with Gasteiger partial charge in [0.15, 0.2) is 11.5 Å². The summed E-state index contributed by atoms with van der Waals surface area (Å²) in [4.78, 5) is 12.2. The Labute approximate surface area is 144 Å². The van der Waals surface area contributed by atoms with Crippen molar-refractivity contribution in [3.63, 3.8) is 0 Å². The molecular formula is C18H13ClN2O3. The predicted octanol–water partition coefficient (Wildman–Crippen LogP) is 3.66. The zero-order chi connectivity index (χ0) is 16.9. The van der Waals surface area contributed by atoms with Crippen LogP contribution in [0.25, 0.3) is 6.08 Å². The molecule has 1 aliphatic rings. The van der Waals surface area contributed by atoms with Crippen LogP contribution in [0.1, 0.15) is 5.56 Å². The number of halogens is 1. The molecule has 0 spiro atoms. The van der Waals surface area contributed by atoms with Gasteiger partial charge in [0.1, 0.15) is 24.9 Å². The van der Waals surface area contributed by atoms with E-state index in [1.807, 2.05) is 12.1 Å². The standard InChI is InChI=1S/C18H13ClN2O3/c19-15-9-12(10-16-17(15)24-7-6-23-16)8-13(11-20)18(22)21-14-4-2-1-3-5-14/h1-5,8-10H,6-7H2,(H,21,22)/b13-8+. The molecule has 0 aromatic heterocycles. The molecule has 0 aliphatic carbocycles. The van der Waals surface area contributed by atoms with E-state index >= 15 is 0 Å². The van der Waals surface area contributed by atoms with Gasteiger partial charge in [0.05, 0.1) is 5.02 Å². The van der Waals surface area contributed by atoms with Gasteiger partial charge >= 0.3 is 0 Å². The average molecular weight is 341 g/mol. The Morgan fingerprint density at radius 2 is 1.96 bits per heavy atom. The molecule has 0 saturated carbocycles. The Morgan fingerprint density at radius 1 is 1.21 bits per heavy atom. The van der Waals surface area contributed by atoms with Crippen molar-refractivity contribution in [2.75, 3.05) is 18.5 Å². The van der Waals surface area contributed by atoms with Crippen molar-refractivity contribution in [1.82, 2.24) is 0 Å². The number of nitrogens with zero attached hydrogens (tertiary/aromatic N) is 1. The number of carbonyl (C=O) groups is 1. The largest absolute Gasteiger partial charge is 0.486 e. The van der Waals surface area contributed by atoms with Crippen LogP contribution in [0, 0.1) is 11.3 Å². The van der Waals surface area contributed by atoms with E-state index in [1.54, 1.807) is 36.4 Å². The first kappa shape index (κ1) is 15.9. The molecule has 3 rings (SSSR count). The van der Waals surface area contributed by atoms with Gasteiger partial charge in [0.25, 0.3) is 5.91 Å². The van der Waals surface area contributed by atoms with Gasteiger partial charge in [-0.3, -0.25) is 4.79 Å². The van der Waals surface area contributed by atoms with Crippen LogP contribution in [0.3, 0.4) is 0 Å². The van der Waals surface area contributed by atoms with Gasteiger partial charge in [0, 0.05) is 5.69 Å². The second kappa shape index (κ2) is 7.07. The predicted molar refractivity (Wildman–Crippen MR) is 91.1 cm³/mol. The van der Waals surface area contributed by atoms with Crippen LogP contribution in [-0.2, 0) is 4.79 Å². The highest BCUT2D eigenvalue weighted by atomic mass is 35.5. The van der Waals surface area contributed by atoms with Crippen molar-refractivity contribution in [2.45, 2.75) is 0 Å². The fourth-order valence-corrected chi connectivity index (χ4v) is 2.52. The zero-order valence-electron chi connectivity index (χ0n) is 12.6. The quantitative estimate of drug-likeness (QED) is 0.683. The number of hydrogen-bond acceptors (Lipinski definition) is 4. The highest BCUT2D eigenvalue weighted by Gasteiger charge is 2.17. The van der Waals surface area contributed by atoms with Crippen molar-refractivity contribution in [1.29, 1.82) is 5.26 Å². The molecule has 24 heavy (non-hydrogen) atoms. The van der Waals surface area contributed by atoms with Crippen LogP contribution >= 0.6 is 11.6 Å². The van der Waals surface area contributed by atoms with Gasteiger partial charge < -0.3 is 14.8 Å². The maximum atomic E-state index is 12.2. The minimum absolute atomic E-state index is 0.0356. The number of amides is 1. The number of para-hydroxylation sites is 1. The van der Waals surface area contributed by atoms with E-state index in [4.69, 9.17) is 21.1 Å². The van der Waals surface area contributed by atoms with Crippen LogP contribution in [0.2, 0.25) is 5.02 Å². The van der Waals surface area contributed by atoms with Crippen LogP contribution < -0.4 is 14.8 Å². The summed E-state index contributed by atoms with van der Waals surface area (Å²) in [6.07, 6.45) is 1.46. The first-order valence-electron chi connectivity index (χ1n) is 7.25. The fraction of sp³-hybridized carbons (Fsp3) is 0.111. The van der Waals surface area contributed by atoms with E-state index in [2.05, 4.69) is 5.32 Å². The summed E-state index contributed by atoms with van der Waals surface area (Å²) in [7, 11) is 0. The molecule has 0 fully saturated rings. The van der Waals surface area contributed by atoms with Crippen molar-refractivity contribution < 1.29 is 14.3 Å². The van der Waals surface area contributed by atoms with Gasteiger partial charge in [0.2, 0.25) is 0 Å². The highest BCUT2D eigenvalue weighted by molar-refractivity contribution is 6.32. The fourth-order valence-electron chi connectivity index (χ4n) is 2.25. The molecule has 0 radical (unpaired) electrons. The van der Waals surface area contributed by atoms with Crippen molar-refractivity contribution in [3.8, 4) is 17.6 Å². The van der Waals surface area contributed by atoms with E-state index in [-0.39, 0.29) is 5.57 Å². The summed E-state index contributed by atoms with van der Waals surface area (Å²) in [5.41, 5.74) is 1.17. The Bertz CT molecular complexity index is 841. The summed E-state index contributed by atoms with van der Waals surface area (Å²) in [5, 5.41) is 12.3. The smallest absolute Gasteiger partial charge is 0.266 e. The van der Waals surface area contributed by atoms with Crippen molar-refractivity contribution in [3.05, 3.63) is 58.6 Å². The SMILES string of the molecule is N#C/C(=C\c1cc(Cl)c2c(c1)OCCO2)C(=O)Nc1ccccc1. The van der Waals surface area contributed by atoms with E-state index in [1.165, 1.54) is 6.08 Å². The Morgan fingerprint density at radius 3 is 2.71 bits per heavy atom. The molecular weight excluding hydrogens is 328 g/mol. The summed E-state index contributed by atoms with van der Waals surface area (Å²) in [6, 6.07) is 14.1. The topological polar surface area (TPSA) is 71.3 Å². The van der Waals surface area contributed by atoms with Gasteiger partial charge in [-0.2, -0.15) is 5.26 Å². The lowest BCUT2D eigenvalue weighted by Crippen LogP contribution is -2.16. The number of nitriles is 1. The summed E-state index contributed by atoms with van der Waals surface area (Å²) >= 11 is 6.17. The average Bonchev–Trinajstić information content (AvgIpc) is 2.60. The molecule has 1 amide bonds. The number of fused-ring (bicyclic) bond motifs is 1. The van der Waals surface area contributed by atoms with Crippen LogP contribution in [0.4, 0.5) is 5.69 Å². The van der Waals surface area contributed by atoms with Crippen LogP contribution in [0.5, 0.6) is 11.5 Å². The third-order valence-electron chi connectivity index (χ3n) is 3.33. The maximum absolute atomic E-state index is 12.2. The van der Waals surface area contributed by atoms with Gasteiger partial charge in [-0.25, -0.2) is 0 Å². The van der Waals surface area contributed by atoms with E-state index < -0.39 is 5.91 Å². The monoisotopic (exact) mass is 340 g/mol. The van der Waals surface area contributed by atoms with Gasteiger partial charge in [-0.05, 0) is 35.9 Å². The number of rotatable bonds is 3. The molecule has 0 bridgehead atoms. The minimum Gasteiger partial charge on any atom is -0.486 e. The summed E-state index contributed by atoms with van der Waals surface area (Å²) in [5.74, 6) is 0.489. The zero-order valence-corrected chi connectivity index (χ0v) is 13.3. The molecule has 5 nitrogen and oxygen atoms in total. The number of carbonyl (C=O) groups excluding carboxylic acids is 1. The first-order chi connectivity index (χ1) is 11.7. The molecule has 2 aromatic carbocycles. The van der Waals surface area contributed by atoms with Crippen molar-refractivity contribution >= 4 is 29.3 Å². The van der Waals surface area contributed by atoms with E-state index in [0.29, 0.717) is 41.0 Å². The molecule has 2 aromatic rings. The number of anilines is 1. The third-order valence-corrected chi connectivity index (χ3v) is 3.61. The number of ether oxygens (including phenoxy) is 2. The molecule has 1 heterocycles. The molecule has 0 saturated heterocycles. The van der Waals surface area contributed by atoms with E-state index in [0.717, 1.165) is 0 Å². The first-order valence-corrected chi connectivity index (χ1v) is 7.62. The summed E-state index contributed by atoms with van der Waals surface area (Å²) in [6.45, 7) is 0.862. The number of nitrogens with one attached hydrogen (secondary N) is 1. The molecule has 1 aliphatic heterocycles. The Hall–Kier alpha value is -2.97. The molecule has 1 N–H and O–H groups in total. The second-order valence-electron chi connectivity index (χ2n) is 5.02. The molecule has 120 valence electrons.